The number of aromatic nitrogens is 4. The van der Waals surface area contributed by atoms with E-state index in [2.05, 4.69) is 15.0 Å². The quantitative estimate of drug-likeness (QED) is 0.725. The van der Waals surface area contributed by atoms with E-state index in [1.54, 1.807) is 43.3 Å². The molecule has 24 heavy (non-hydrogen) atoms. The summed E-state index contributed by atoms with van der Waals surface area (Å²) in [5.74, 6) is 0.615. The van der Waals surface area contributed by atoms with Crippen molar-refractivity contribution in [1.29, 1.82) is 0 Å². The van der Waals surface area contributed by atoms with Gasteiger partial charge >= 0.3 is 0 Å². The van der Waals surface area contributed by atoms with Crippen LogP contribution >= 0.6 is 11.8 Å². The maximum atomic E-state index is 12.7. The van der Waals surface area contributed by atoms with Crippen molar-refractivity contribution in [2.45, 2.75) is 24.2 Å². The number of aryl methyl sites for hydroxylation is 2. The second-order valence-electron chi connectivity index (χ2n) is 5.28. The SMILES string of the molecule is Cc1nc(Sc2ncc(C(=O)N(C)c3cccnc3)n2C)oc1C. The number of oxazole rings is 1. The number of carbonyl (C=O) groups is 1. The van der Waals surface area contributed by atoms with Gasteiger partial charge in [0.25, 0.3) is 11.1 Å². The zero-order valence-electron chi connectivity index (χ0n) is 13.8. The smallest absolute Gasteiger partial charge is 0.276 e. The largest absolute Gasteiger partial charge is 0.436 e. The Morgan fingerprint density at radius 1 is 1.33 bits per heavy atom. The number of pyridine rings is 1. The van der Waals surface area contributed by atoms with E-state index in [1.807, 2.05) is 19.9 Å². The number of hydrogen-bond donors (Lipinski definition) is 0. The molecule has 3 heterocycles. The maximum Gasteiger partial charge on any atom is 0.276 e. The lowest BCUT2D eigenvalue weighted by atomic mass is 10.3. The van der Waals surface area contributed by atoms with Crippen LogP contribution < -0.4 is 4.90 Å². The van der Waals surface area contributed by atoms with Crippen LogP contribution in [-0.4, -0.2) is 32.5 Å². The summed E-state index contributed by atoms with van der Waals surface area (Å²) in [6.45, 7) is 3.75. The second-order valence-corrected chi connectivity index (χ2v) is 6.20. The molecule has 3 aromatic heterocycles. The number of anilines is 1. The minimum Gasteiger partial charge on any atom is -0.436 e. The molecule has 0 saturated carbocycles. The Morgan fingerprint density at radius 3 is 2.75 bits per heavy atom. The summed E-state index contributed by atoms with van der Waals surface area (Å²) in [6.07, 6.45) is 4.86. The van der Waals surface area contributed by atoms with Crippen LogP contribution in [0.3, 0.4) is 0 Å². The molecular formula is C16H17N5O2S. The summed E-state index contributed by atoms with van der Waals surface area (Å²) in [5, 5.41) is 1.15. The van der Waals surface area contributed by atoms with Crippen molar-refractivity contribution in [2.24, 2.45) is 7.05 Å². The van der Waals surface area contributed by atoms with Crippen LogP contribution in [0.2, 0.25) is 0 Å². The van der Waals surface area contributed by atoms with Gasteiger partial charge in [-0.25, -0.2) is 9.97 Å². The van der Waals surface area contributed by atoms with E-state index in [4.69, 9.17) is 4.42 Å². The molecule has 0 aliphatic carbocycles. The Bertz CT molecular complexity index is 852. The number of nitrogens with zero attached hydrogens (tertiary/aromatic N) is 5. The van der Waals surface area contributed by atoms with Gasteiger partial charge in [0, 0.05) is 32.1 Å². The zero-order valence-corrected chi connectivity index (χ0v) is 14.7. The summed E-state index contributed by atoms with van der Waals surface area (Å²) in [4.78, 5) is 26.9. The molecule has 0 spiro atoms. The third-order valence-corrected chi connectivity index (χ3v) is 4.60. The highest BCUT2D eigenvalue weighted by molar-refractivity contribution is 7.99. The Balaban J connectivity index is 1.83. The summed E-state index contributed by atoms with van der Waals surface area (Å²) in [6, 6.07) is 3.62. The van der Waals surface area contributed by atoms with Crippen LogP contribution in [0.5, 0.6) is 0 Å². The Hall–Kier alpha value is -2.61. The lowest BCUT2D eigenvalue weighted by Crippen LogP contribution is -2.28. The predicted octanol–water partition coefficient (Wildman–Crippen LogP) is 2.85. The monoisotopic (exact) mass is 343 g/mol. The molecule has 0 unspecified atom stereocenters. The fraction of sp³-hybridized carbons (Fsp3) is 0.250. The third kappa shape index (κ3) is 3.05. The van der Waals surface area contributed by atoms with Crippen LogP contribution in [-0.2, 0) is 7.05 Å². The van der Waals surface area contributed by atoms with E-state index < -0.39 is 0 Å². The Labute approximate surface area is 143 Å². The molecule has 3 rings (SSSR count). The van der Waals surface area contributed by atoms with Crippen molar-refractivity contribution < 1.29 is 9.21 Å². The fourth-order valence-corrected chi connectivity index (χ4v) is 2.94. The molecule has 8 heteroatoms. The second kappa shape index (κ2) is 6.48. The molecule has 0 atom stereocenters. The topological polar surface area (TPSA) is 77.1 Å². The molecule has 124 valence electrons. The predicted molar refractivity (Wildman–Crippen MR) is 90.3 cm³/mol. The van der Waals surface area contributed by atoms with Crippen LogP contribution in [0.25, 0.3) is 0 Å². The molecule has 3 aromatic rings. The van der Waals surface area contributed by atoms with Gasteiger partial charge in [-0.3, -0.25) is 9.78 Å². The summed E-state index contributed by atoms with van der Waals surface area (Å²) in [7, 11) is 3.50. The summed E-state index contributed by atoms with van der Waals surface area (Å²) >= 11 is 1.29. The van der Waals surface area contributed by atoms with Crippen LogP contribution in [0.4, 0.5) is 5.69 Å². The van der Waals surface area contributed by atoms with Gasteiger partial charge in [-0.15, -0.1) is 0 Å². The first kappa shape index (κ1) is 16.3. The van der Waals surface area contributed by atoms with Gasteiger partial charge in [-0.2, -0.15) is 0 Å². The molecule has 1 amide bonds. The van der Waals surface area contributed by atoms with E-state index in [9.17, 15) is 4.79 Å². The minimum atomic E-state index is -0.162. The van der Waals surface area contributed by atoms with Crippen LogP contribution in [0, 0.1) is 13.8 Å². The summed E-state index contributed by atoms with van der Waals surface area (Å²) in [5.41, 5.74) is 2.04. The van der Waals surface area contributed by atoms with Crippen LogP contribution in [0.15, 0.2) is 45.5 Å². The van der Waals surface area contributed by atoms with Gasteiger partial charge < -0.3 is 13.9 Å². The van der Waals surface area contributed by atoms with E-state index in [0.29, 0.717) is 16.1 Å². The number of hydrogen-bond acceptors (Lipinski definition) is 6. The van der Waals surface area contributed by atoms with Crippen molar-refractivity contribution in [3.05, 3.63) is 47.9 Å². The molecule has 0 aliphatic rings. The first-order valence-corrected chi connectivity index (χ1v) is 8.10. The highest BCUT2D eigenvalue weighted by atomic mass is 32.2. The van der Waals surface area contributed by atoms with Crippen molar-refractivity contribution in [3.63, 3.8) is 0 Å². The average molecular weight is 343 g/mol. The molecular weight excluding hydrogens is 326 g/mol. The van der Waals surface area contributed by atoms with Gasteiger partial charge in [-0.1, -0.05) is 0 Å². The number of carbonyl (C=O) groups excluding carboxylic acids is 1. The van der Waals surface area contributed by atoms with Gasteiger partial charge in [0.05, 0.1) is 23.8 Å². The molecule has 7 nitrogen and oxygen atoms in total. The van der Waals surface area contributed by atoms with Gasteiger partial charge in [0.2, 0.25) is 0 Å². The molecule has 0 radical (unpaired) electrons. The lowest BCUT2D eigenvalue weighted by Gasteiger charge is -2.16. The van der Waals surface area contributed by atoms with E-state index >= 15 is 0 Å². The fourth-order valence-electron chi connectivity index (χ4n) is 2.09. The van der Waals surface area contributed by atoms with E-state index in [0.717, 1.165) is 17.1 Å². The van der Waals surface area contributed by atoms with Crippen molar-refractivity contribution in [1.82, 2.24) is 19.5 Å². The first-order valence-electron chi connectivity index (χ1n) is 7.29. The highest BCUT2D eigenvalue weighted by Crippen LogP contribution is 2.28. The molecule has 0 aromatic carbocycles. The highest BCUT2D eigenvalue weighted by Gasteiger charge is 2.20. The Morgan fingerprint density at radius 2 is 2.12 bits per heavy atom. The van der Waals surface area contributed by atoms with Crippen LogP contribution in [0.1, 0.15) is 21.9 Å². The third-order valence-electron chi connectivity index (χ3n) is 3.69. The van der Waals surface area contributed by atoms with Crippen molar-refractivity contribution in [3.8, 4) is 0 Å². The van der Waals surface area contributed by atoms with Crippen molar-refractivity contribution in [2.75, 3.05) is 11.9 Å². The normalized spacial score (nSPS) is 10.8. The van der Waals surface area contributed by atoms with Crippen molar-refractivity contribution >= 4 is 23.4 Å². The minimum absolute atomic E-state index is 0.162. The molecule has 0 bridgehead atoms. The number of imidazole rings is 1. The molecule has 0 fully saturated rings. The molecule has 0 aliphatic heterocycles. The lowest BCUT2D eigenvalue weighted by molar-refractivity contribution is 0.0984. The van der Waals surface area contributed by atoms with Gasteiger partial charge in [0.1, 0.15) is 11.5 Å². The van der Waals surface area contributed by atoms with E-state index in [-0.39, 0.29) is 5.91 Å². The maximum absolute atomic E-state index is 12.7. The molecule has 0 N–H and O–H groups in total. The average Bonchev–Trinajstić information content (AvgIpc) is 3.10. The number of rotatable bonds is 4. The number of amides is 1. The van der Waals surface area contributed by atoms with Gasteiger partial charge in [0.15, 0.2) is 5.16 Å². The van der Waals surface area contributed by atoms with E-state index in [1.165, 1.54) is 16.7 Å². The first-order chi connectivity index (χ1) is 11.5. The summed E-state index contributed by atoms with van der Waals surface area (Å²) < 4.78 is 7.29. The molecule has 0 saturated heterocycles. The zero-order chi connectivity index (χ0) is 17.3. The standard InChI is InChI=1S/C16H17N5O2S/c1-10-11(2)23-16(19-10)24-15-18-9-13(21(15)4)14(22)20(3)12-6-5-7-17-8-12/h5-9H,1-4H3. The van der Waals surface area contributed by atoms with Gasteiger partial charge in [-0.05, 0) is 26.0 Å². The Kier molecular flexibility index (Phi) is 4.39.